The zero-order valence-electron chi connectivity index (χ0n) is 25.8. The average Bonchev–Trinajstić information content (AvgIpc) is 3.06. The molecule has 1 fully saturated rings. The molecule has 14 heteroatoms. The minimum Gasteiger partial charge on any atom is -0.493 e. The van der Waals surface area contributed by atoms with Gasteiger partial charge in [-0.3, -0.25) is 14.4 Å². The van der Waals surface area contributed by atoms with Crippen LogP contribution in [0, 0.1) is 11.8 Å². The number of nitrogens with zero attached hydrogens (tertiary/aromatic N) is 1. The highest BCUT2D eigenvalue weighted by molar-refractivity contribution is 5.98. The van der Waals surface area contributed by atoms with Crippen LogP contribution in [0.4, 0.5) is 0 Å². The number of aromatic nitrogens is 1. The van der Waals surface area contributed by atoms with Crippen molar-refractivity contribution in [3.63, 3.8) is 0 Å². The Kier molecular flexibility index (Phi) is 13.1. The molecule has 1 N–H and O–H groups in total. The highest BCUT2D eigenvalue weighted by atomic mass is 16.7. The lowest BCUT2D eigenvalue weighted by atomic mass is 9.91. The van der Waals surface area contributed by atoms with Gasteiger partial charge in [-0.15, -0.1) is 0 Å². The second-order valence-corrected chi connectivity index (χ2v) is 10.3. The number of hydrogen-bond donors (Lipinski definition) is 1. The highest BCUT2D eigenvalue weighted by Crippen LogP contribution is 2.30. The van der Waals surface area contributed by atoms with Gasteiger partial charge in [0.15, 0.2) is 29.3 Å². The number of pyridine rings is 1. The maximum atomic E-state index is 13.4. The summed E-state index contributed by atoms with van der Waals surface area (Å²) in [5.74, 6) is -5.49. The third kappa shape index (κ3) is 9.89. The summed E-state index contributed by atoms with van der Waals surface area (Å²) in [5, 5.41) is 2.45. The van der Waals surface area contributed by atoms with Crippen LogP contribution < -0.4 is 14.8 Å². The van der Waals surface area contributed by atoms with E-state index in [2.05, 4.69) is 10.3 Å². The SMILES string of the molecule is CCOCC(=O)OCOc1c(OC)ccnc1C(=O)N[C@H]1COC(=O)[C@@H](Cc2ccccc2)[C@@H](OC(=O)C(C)C)C(C)OC1=O. The van der Waals surface area contributed by atoms with Crippen LogP contribution >= 0.6 is 0 Å². The molecule has 1 amide bonds. The Morgan fingerprint density at radius 2 is 1.82 bits per heavy atom. The number of carbonyl (C=O) groups excluding carboxylic acids is 5. The third-order valence-corrected chi connectivity index (χ3v) is 6.62. The zero-order valence-corrected chi connectivity index (χ0v) is 25.8. The average molecular weight is 631 g/mol. The summed E-state index contributed by atoms with van der Waals surface area (Å²) >= 11 is 0. The molecule has 1 aromatic heterocycles. The number of benzene rings is 1. The normalized spacial score (nSPS) is 20.0. The second-order valence-electron chi connectivity index (χ2n) is 10.3. The van der Waals surface area contributed by atoms with Crippen LogP contribution in [0.1, 0.15) is 43.7 Å². The quantitative estimate of drug-likeness (QED) is 0.194. The van der Waals surface area contributed by atoms with Crippen molar-refractivity contribution in [3.8, 4) is 11.5 Å². The molecule has 45 heavy (non-hydrogen) atoms. The van der Waals surface area contributed by atoms with Gasteiger partial charge in [-0.25, -0.2) is 14.6 Å². The van der Waals surface area contributed by atoms with E-state index in [1.807, 2.05) is 18.2 Å². The van der Waals surface area contributed by atoms with Crippen molar-refractivity contribution in [3.05, 3.63) is 53.9 Å². The summed E-state index contributed by atoms with van der Waals surface area (Å²) in [6.45, 7) is 5.34. The zero-order chi connectivity index (χ0) is 32.9. The number of ether oxygens (including phenoxy) is 7. The van der Waals surface area contributed by atoms with Gasteiger partial charge in [0.25, 0.3) is 5.91 Å². The first-order valence-electron chi connectivity index (χ1n) is 14.4. The fourth-order valence-corrected chi connectivity index (χ4v) is 4.25. The van der Waals surface area contributed by atoms with Crippen LogP contribution in [-0.4, -0.2) is 86.7 Å². The summed E-state index contributed by atoms with van der Waals surface area (Å²) in [5.41, 5.74) is 0.459. The van der Waals surface area contributed by atoms with Crippen molar-refractivity contribution in [1.29, 1.82) is 0 Å². The van der Waals surface area contributed by atoms with Gasteiger partial charge in [0.2, 0.25) is 6.79 Å². The van der Waals surface area contributed by atoms with Crippen molar-refractivity contribution >= 4 is 29.8 Å². The second kappa shape index (κ2) is 16.9. The Labute approximate surface area is 260 Å². The standard InChI is InChI=1S/C31H38N2O12/c1-6-40-16-24(34)42-17-43-27-23(39-5)12-13-32-25(27)28(35)33-22-15-41-30(37)21(14-20-10-8-7-9-11-20)26(19(4)44-31(22)38)45-29(36)18(2)3/h7-13,18-19,21-22,26H,6,14-17H2,1-5H3,(H,33,35)/t19?,21-,22-,26-/m0/s1. The molecule has 2 aromatic rings. The van der Waals surface area contributed by atoms with Gasteiger partial charge in [-0.2, -0.15) is 0 Å². The molecule has 244 valence electrons. The lowest BCUT2D eigenvalue weighted by Crippen LogP contribution is -2.47. The van der Waals surface area contributed by atoms with E-state index in [1.54, 1.807) is 32.9 Å². The number of carbonyl (C=O) groups is 5. The molecule has 1 aliphatic heterocycles. The number of hydrogen-bond acceptors (Lipinski definition) is 13. The van der Waals surface area contributed by atoms with E-state index in [-0.39, 0.29) is 30.2 Å². The predicted molar refractivity (Wildman–Crippen MR) is 155 cm³/mol. The summed E-state index contributed by atoms with van der Waals surface area (Å²) in [7, 11) is 1.33. The lowest BCUT2D eigenvalue weighted by Gasteiger charge is -2.29. The minimum absolute atomic E-state index is 0.0895. The Morgan fingerprint density at radius 3 is 2.49 bits per heavy atom. The molecule has 0 bridgehead atoms. The number of cyclic esters (lactones) is 2. The molecular weight excluding hydrogens is 592 g/mol. The van der Waals surface area contributed by atoms with Gasteiger partial charge in [0.1, 0.15) is 25.2 Å². The van der Waals surface area contributed by atoms with Crippen LogP contribution in [0.5, 0.6) is 11.5 Å². The first-order chi connectivity index (χ1) is 21.5. The Morgan fingerprint density at radius 1 is 1.09 bits per heavy atom. The third-order valence-electron chi connectivity index (χ3n) is 6.62. The van der Waals surface area contributed by atoms with Crippen LogP contribution in [0.15, 0.2) is 42.6 Å². The first-order valence-corrected chi connectivity index (χ1v) is 14.4. The van der Waals surface area contributed by atoms with Crippen molar-refractivity contribution in [2.45, 2.75) is 52.4 Å². The van der Waals surface area contributed by atoms with Crippen molar-refractivity contribution in [2.75, 3.05) is 33.7 Å². The van der Waals surface area contributed by atoms with Gasteiger partial charge in [0, 0.05) is 18.9 Å². The van der Waals surface area contributed by atoms with E-state index < -0.39 is 73.3 Å². The Hall–Kier alpha value is -4.72. The number of esters is 4. The number of amides is 1. The summed E-state index contributed by atoms with van der Waals surface area (Å²) in [6.07, 6.45) is -0.846. The van der Waals surface area contributed by atoms with Crippen LogP contribution in [0.3, 0.4) is 0 Å². The van der Waals surface area contributed by atoms with Gasteiger partial charge in [-0.1, -0.05) is 44.2 Å². The molecule has 0 saturated carbocycles. The van der Waals surface area contributed by atoms with E-state index in [0.717, 1.165) is 5.56 Å². The highest BCUT2D eigenvalue weighted by Gasteiger charge is 2.42. The molecule has 0 spiro atoms. The predicted octanol–water partition coefficient (Wildman–Crippen LogP) is 2.02. The summed E-state index contributed by atoms with van der Waals surface area (Å²) in [4.78, 5) is 68.5. The first kappa shape index (κ1) is 34.8. The monoisotopic (exact) mass is 630 g/mol. The Balaban J connectivity index is 1.82. The molecule has 2 heterocycles. The van der Waals surface area contributed by atoms with Crippen molar-refractivity contribution < 1.29 is 57.1 Å². The van der Waals surface area contributed by atoms with Crippen LogP contribution in [0.2, 0.25) is 0 Å². The Bertz CT molecular complexity index is 1330. The van der Waals surface area contributed by atoms with Gasteiger partial charge in [0.05, 0.1) is 13.0 Å². The maximum absolute atomic E-state index is 13.4. The fraction of sp³-hybridized carbons (Fsp3) is 0.484. The summed E-state index contributed by atoms with van der Waals surface area (Å²) < 4.78 is 37.5. The van der Waals surface area contributed by atoms with Crippen molar-refractivity contribution in [1.82, 2.24) is 10.3 Å². The summed E-state index contributed by atoms with van der Waals surface area (Å²) in [6, 6.07) is 8.98. The largest absolute Gasteiger partial charge is 0.493 e. The van der Waals surface area contributed by atoms with E-state index >= 15 is 0 Å². The van der Waals surface area contributed by atoms with Gasteiger partial charge < -0.3 is 38.5 Å². The lowest BCUT2D eigenvalue weighted by molar-refractivity contribution is -0.176. The molecule has 1 unspecified atom stereocenters. The molecular formula is C31H38N2O12. The number of rotatable bonds is 13. The number of nitrogens with one attached hydrogen (secondary N) is 1. The molecule has 3 rings (SSSR count). The molecule has 0 aliphatic carbocycles. The molecule has 1 aliphatic rings. The van der Waals surface area contributed by atoms with E-state index in [9.17, 15) is 24.0 Å². The molecule has 0 radical (unpaired) electrons. The minimum atomic E-state index is -1.47. The molecule has 1 saturated heterocycles. The van der Waals surface area contributed by atoms with Gasteiger partial charge >= 0.3 is 23.9 Å². The smallest absolute Gasteiger partial charge is 0.334 e. The van der Waals surface area contributed by atoms with E-state index in [0.29, 0.717) is 6.61 Å². The maximum Gasteiger partial charge on any atom is 0.334 e. The molecule has 1 aromatic carbocycles. The topological polar surface area (TPSA) is 175 Å². The number of methoxy groups -OCH3 is 1. The van der Waals surface area contributed by atoms with E-state index in [1.165, 1.54) is 26.3 Å². The van der Waals surface area contributed by atoms with Gasteiger partial charge in [-0.05, 0) is 25.8 Å². The molecule has 14 nitrogen and oxygen atoms in total. The fourth-order valence-electron chi connectivity index (χ4n) is 4.25. The van der Waals surface area contributed by atoms with Crippen LogP contribution in [0.25, 0.3) is 0 Å². The van der Waals surface area contributed by atoms with Crippen LogP contribution in [-0.2, 0) is 49.3 Å². The van der Waals surface area contributed by atoms with E-state index in [4.69, 9.17) is 33.2 Å². The molecule has 4 atom stereocenters. The van der Waals surface area contributed by atoms with Crippen molar-refractivity contribution in [2.24, 2.45) is 11.8 Å².